The number of sulfonamides is 1. The van der Waals surface area contributed by atoms with Gasteiger partial charge < -0.3 is 14.4 Å². The van der Waals surface area contributed by atoms with Crippen molar-refractivity contribution in [2.75, 3.05) is 31.8 Å². The maximum absolute atomic E-state index is 13.1. The van der Waals surface area contributed by atoms with Gasteiger partial charge in [-0.15, -0.1) is 0 Å². The van der Waals surface area contributed by atoms with E-state index >= 15 is 0 Å². The Kier molecular flexibility index (Phi) is 7.85. The molecule has 0 N–H and O–H groups in total. The van der Waals surface area contributed by atoms with Gasteiger partial charge >= 0.3 is 0 Å². The Balaban J connectivity index is 2.32. The summed E-state index contributed by atoms with van der Waals surface area (Å²) >= 11 is 12.2. The van der Waals surface area contributed by atoms with E-state index in [1.54, 1.807) is 31.3 Å². The minimum absolute atomic E-state index is 0.145. The average molecular weight is 475 g/mol. The van der Waals surface area contributed by atoms with Gasteiger partial charge in [0.1, 0.15) is 6.04 Å². The number of rotatable bonds is 8. The molecule has 0 saturated carbocycles. The zero-order chi connectivity index (χ0) is 22.6. The van der Waals surface area contributed by atoms with E-state index in [2.05, 4.69) is 0 Å². The molecule has 30 heavy (non-hydrogen) atoms. The molecule has 0 aliphatic carbocycles. The van der Waals surface area contributed by atoms with Gasteiger partial charge in [-0.2, -0.15) is 0 Å². The standard InChI is InChI=1S/C20H24Cl2N2O5S/c1-13(24(30(5,26)27)17-11-15(21)7-8-16(17)22)20(25)23(2)12-14-6-9-18(28-3)19(10-14)29-4/h6-11,13H,12H2,1-5H3/t13-/m0/s1. The van der Waals surface area contributed by atoms with Gasteiger partial charge in [-0.1, -0.05) is 29.3 Å². The second kappa shape index (κ2) is 9.76. The molecule has 0 aliphatic heterocycles. The molecule has 0 unspecified atom stereocenters. The lowest BCUT2D eigenvalue weighted by molar-refractivity contribution is -0.131. The van der Waals surface area contributed by atoms with Gasteiger partial charge in [0.2, 0.25) is 15.9 Å². The highest BCUT2D eigenvalue weighted by Crippen LogP contribution is 2.33. The number of hydrogen-bond acceptors (Lipinski definition) is 5. The normalized spacial score (nSPS) is 12.2. The number of likely N-dealkylation sites (N-methyl/N-ethyl adjacent to an activating group) is 1. The molecule has 2 aromatic carbocycles. The minimum Gasteiger partial charge on any atom is -0.493 e. The van der Waals surface area contributed by atoms with Crippen LogP contribution in [0.1, 0.15) is 12.5 Å². The van der Waals surface area contributed by atoms with Crippen LogP contribution in [-0.2, 0) is 21.4 Å². The van der Waals surface area contributed by atoms with E-state index in [0.29, 0.717) is 16.5 Å². The summed E-state index contributed by atoms with van der Waals surface area (Å²) in [6, 6.07) is 8.72. The lowest BCUT2D eigenvalue weighted by Gasteiger charge is -2.31. The van der Waals surface area contributed by atoms with Gasteiger partial charge in [0.05, 0.1) is 31.2 Å². The first-order valence-corrected chi connectivity index (χ1v) is 11.5. The summed E-state index contributed by atoms with van der Waals surface area (Å²) in [6.07, 6.45) is 1.02. The Morgan fingerprint density at radius 1 is 1.07 bits per heavy atom. The highest BCUT2D eigenvalue weighted by molar-refractivity contribution is 7.92. The topological polar surface area (TPSA) is 76.2 Å². The Hall–Kier alpha value is -2.16. The molecule has 2 rings (SSSR count). The lowest BCUT2D eigenvalue weighted by Crippen LogP contribution is -2.48. The van der Waals surface area contributed by atoms with Gasteiger partial charge in [-0.25, -0.2) is 8.42 Å². The van der Waals surface area contributed by atoms with Crippen molar-refractivity contribution in [1.82, 2.24) is 4.90 Å². The van der Waals surface area contributed by atoms with Crippen LogP contribution in [0.5, 0.6) is 11.5 Å². The molecule has 0 heterocycles. The fraction of sp³-hybridized carbons (Fsp3) is 0.350. The van der Waals surface area contributed by atoms with Gasteiger partial charge in [0, 0.05) is 18.6 Å². The predicted molar refractivity (Wildman–Crippen MR) is 119 cm³/mol. The van der Waals surface area contributed by atoms with Gasteiger partial charge in [0.15, 0.2) is 11.5 Å². The molecule has 0 aliphatic rings. The van der Waals surface area contributed by atoms with Crippen LogP contribution in [0.2, 0.25) is 10.0 Å². The van der Waals surface area contributed by atoms with Crippen LogP contribution in [0.25, 0.3) is 0 Å². The number of hydrogen-bond donors (Lipinski definition) is 0. The number of carbonyl (C=O) groups excluding carboxylic acids is 1. The van der Waals surface area contributed by atoms with Crippen LogP contribution in [0.4, 0.5) is 5.69 Å². The highest BCUT2D eigenvalue weighted by Gasteiger charge is 2.32. The molecule has 164 valence electrons. The van der Waals surface area contributed by atoms with Crippen molar-refractivity contribution in [1.29, 1.82) is 0 Å². The maximum atomic E-state index is 13.1. The first-order chi connectivity index (χ1) is 14.0. The number of methoxy groups -OCH3 is 2. The predicted octanol–water partition coefficient (Wildman–Crippen LogP) is 3.82. The van der Waals surface area contributed by atoms with Crippen LogP contribution < -0.4 is 13.8 Å². The van der Waals surface area contributed by atoms with Crippen molar-refractivity contribution < 1.29 is 22.7 Å². The molecule has 0 spiro atoms. The Labute approximate surface area is 187 Å². The van der Waals surface area contributed by atoms with E-state index in [0.717, 1.165) is 16.1 Å². The SMILES string of the molecule is COc1ccc(CN(C)C(=O)[C@H](C)N(c2cc(Cl)ccc2Cl)S(C)(=O)=O)cc1OC. The number of halogens is 2. The van der Waals surface area contributed by atoms with Gasteiger partial charge in [-0.3, -0.25) is 9.10 Å². The monoisotopic (exact) mass is 474 g/mol. The lowest BCUT2D eigenvalue weighted by atomic mass is 10.1. The molecule has 0 aromatic heterocycles. The Morgan fingerprint density at radius 2 is 1.70 bits per heavy atom. The quantitative estimate of drug-likeness (QED) is 0.580. The number of anilines is 1. The molecule has 10 heteroatoms. The van der Waals surface area contributed by atoms with Crippen molar-refractivity contribution >= 4 is 44.8 Å². The molecule has 0 fully saturated rings. The number of amides is 1. The molecule has 7 nitrogen and oxygen atoms in total. The fourth-order valence-corrected chi connectivity index (χ4v) is 4.68. The molecule has 1 amide bonds. The zero-order valence-corrected chi connectivity index (χ0v) is 19.7. The summed E-state index contributed by atoms with van der Waals surface area (Å²) in [5.41, 5.74) is 0.939. The Morgan fingerprint density at radius 3 is 2.27 bits per heavy atom. The fourth-order valence-electron chi connectivity index (χ4n) is 3.08. The van der Waals surface area contributed by atoms with Crippen molar-refractivity contribution in [3.05, 3.63) is 52.0 Å². The summed E-state index contributed by atoms with van der Waals surface area (Å²) in [5, 5.41) is 0.480. The molecule has 1 atom stereocenters. The number of benzene rings is 2. The van der Waals surface area contributed by atoms with Crippen LogP contribution in [0, 0.1) is 0 Å². The maximum Gasteiger partial charge on any atom is 0.246 e. The third-order valence-electron chi connectivity index (χ3n) is 4.46. The summed E-state index contributed by atoms with van der Waals surface area (Å²) in [4.78, 5) is 14.5. The number of nitrogens with zero attached hydrogens (tertiary/aromatic N) is 2. The third kappa shape index (κ3) is 5.50. The van der Waals surface area contributed by atoms with Crippen molar-refractivity contribution in [3.8, 4) is 11.5 Å². The Bertz CT molecular complexity index is 1030. The van der Waals surface area contributed by atoms with Crippen molar-refractivity contribution in [2.24, 2.45) is 0 Å². The number of carbonyl (C=O) groups is 1. The van der Waals surface area contributed by atoms with Crippen LogP contribution in [-0.4, -0.2) is 52.8 Å². The molecule has 2 aromatic rings. The van der Waals surface area contributed by atoms with Crippen molar-refractivity contribution in [2.45, 2.75) is 19.5 Å². The van der Waals surface area contributed by atoms with E-state index in [9.17, 15) is 13.2 Å². The molecule has 0 radical (unpaired) electrons. The first-order valence-electron chi connectivity index (χ1n) is 8.90. The van der Waals surface area contributed by atoms with E-state index < -0.39 is 22.0 Å². The van der Waals surface area contributed by atoms with E-state index in [-0.39, 0.29) is 17.3 Å². The van der Waals surface area contributed by atoms with E-state index in [1.807, 2.05) is 0 Å². The van der Waals surface area contributed by atoms with Crippen LogP contribution in [0.3, 0.4) is 0 Å². The first kappa shape index (κ1) is 24.1. The highest BCUT2D eigenvalue weighted by atomic mass is 35.5. The van der Waals surface area contributed by atoms with E-state index in [1.165, 1.54) is 38.2 Å². The molecule has 0 bridgehead atoms. The summed E-state index contributed by atoms with van der Waals surface area (Å²) < 4.78 is 36.5. The van der Waals surface area contributed by atoms with Crippen LogP contribution >= 0.6 is 23.2 Å². The summed E-state index contributed by atoms with van der Waals surface area (Å²) in [7, 11) is 0.834. The van der Waals surface area contributed by atoms with E-state index in [4.69, 9.17) is 32.7 Å². The van der Waals surface area contributed by atoms with Gasteiger partial charge in [0.25, 0.3) is 0 Å². The molecule has 0 saturated heterocycles. The average Bonchev–Trinajstić information content (AvgIpc) is 2.68. The zero-order valence-electron chi connectivity index (χ0n) is 17.3. The summed E-state index contributed by atoms with van der Waals surface area (Å²) in [5.74, 6) is 0.695. The molecular weight excluding hydrogens is 451 g/mol. The molecular formula is C20H24Cl2N2O5S. The van der Waals surface area contributed by atoms with Crippen LogP contribution in [0.15, 0.2) is 36.4 Å². The van der Waals surface area contributed by atoms with Gasteiger partial charge in [-0.05, 0) is 42.8 Å². The second-order valence-corrected chi connectivity index (χ2v) is 9.42. The second-order valence-electron chi connectivity index (χ2n) is 6.71. The third-order valence-corrected chi connectivity index (χ3v) is 6.24. The largest absolute Gasteiger partial charge is 0.493 e. The van der Waals surface area contributed by atoms with Crippen molar-refractivity contribution in [3.63, 3.8) is 0 Å². The minimum atomic E-state index is -3.82. The smallest absolute Gasteiger partial charge is 0.246 e. The number of ether oxygens (including phenoxy) is 2. The summed E-state index contributed by atoms with van der Waals surface area (Å²) in [6.45, 7) is 1.75.